The minimum Gasteiger partial charge on any atom is -0.493 e. The third kappa shape index (κ3) is 4.30. The number of nitrogens with zero attached hydrogens (tertiary/aromatic N) is 2. The second-order valence-electron chi connectivity index (χ2n) is 4.94. The van der Waals surface area contributed by atoms with Crippen LogP contribution in [0.3, 0.4) is 0 Å². The lowest BCUT2D eigenvalue weighted by atomic mass is 10.1. The van der Waals surface area contributed by atoms with Gasteiger partial charge in [0.1, 0.15) is 5.75 Å². The van der Waals surface area contributed by atoms with Gasteiger partial charge in [-0.05, 0) is 17.7 Å². The van der Waals surface area contributed by atoms with Gasteiger partial charge in [0.15, 0.2) is 0 Å². The summed E-state index contributed by atoms with van der Waals surface area (Å²) in [6, 6.07) is 20.4. The van der Waals surface area contributed by atoms with Crippen LogP contribution in [-0.4, -0.2) is 23.2 Å². The molecule has 0 saturated heterocycles. The number of ether oxygens (including phenoxy) is 2. The second-order valence-corrected chi connectivity index (χ2v) is 4.94. The summed E-state index contributed by atoms with van der Waals surface area (Å²) >= 11 is 0. The molecule has 0 N–H and O–H groups in total. The molecule has 2 aromatic carbocycles. The van der Waals surface area contributed by atoms with Crippen LogP contribution in [0, 0.1) is 0 Å². The molecule has 3 aromatic rings. The standard InChI is InChI=1S/C19H18N2O2/c1-2-8-16(9-3-1)17-10-4-5-11-18(17)22-14-7-15-23-19-20-12-6-13-21-19/h1-6,8-13H,7,14-15H2. The molecule has 0 atom stereocenters. The Labute approximate surface area is 135 Å². The summed E-state index contributed by atoms with van der Waals surface area (Å²) in [6.07, 6.45) is 4.09. The van der Waals surface area contributed by atoms with Crippen LogP contribution in [0.2, 0.25) is 0 Å². The summed E-state index contributed by atoms with van der Waals surface area (Å²) < 4.78 is 11.4. The van der Waals surface area contributed by atoms with Crippen LogP contribution in [0.4, 0.5) is 0 Å². The molecule has 0 aliphatic carbocycles. The third-order valence-corrected chi connectivity index (χ3v) is 3.29. The summed E-state index contributed by atoms with van der Waals surface area (Å²) in [7, 11) is 0. The van der Waals surface area contributed by atoms with E-state index in [4.69, 9.17) is 9.47 Å². The SMILES string of the molecule is c1ccc(-c2ccccc2OCCCOc2ncccn2)cc1. The molecule has 1 heterocycles. The molecule has 0 radical (unpaired) electrons. The van der Waals surface area contributed by atoms with E-state index in [0.717, 1.165) is 23.3 Å². The zero-order valence-electron chi connectivity index (χ0n) is 12.8. The Morgan fingerprint density at radius 3 is 2.22 bits per heavy atom. The summed E-state index contributed by atoms with van der Waals surface area (Å²) in [5, 5.41) is 0. The Morgan fingerprint density at radius 2 is 1.39 bits per heavy atom. The molecule has 0 bridgehead atoms. The van der Waals surface area contributed by atoms with Crippen LogP contribution >= 0.6 is 0 Å². The van der Waals surface area contributed by atoms with E-state index in [-0.39, 0.29) is 0 Å². The summed E-state index contributed by atoms with van der Waals surface area (Å²) in [4.78, 5) is 8.03. The van der Waals surface area contributed by atoms with Crippen LogP contribution in [0.5, 0.6) is 11.8 Å². The normalized spacial score (nSPS) is 10.3. The lowest BCUT2D eigenvalue weighted by molar-refractivity contribution is 0.236. The van der Waals surface area contributed by atoms with E-state index >= 15 is 0 Å². The van der Waals surface area contributed by atoms with Crippen molar-refractivity contribution in [1.82, 2.24) is 9.97 Å². The number of para-hydroxylation sites is 1. The van der Waals surface area contributed by atoms with Gasteiger partial charge in [0.2, 0.25) is 0 Å². The molecule has 4 nitrogen and oxygen atoms in total. The van der Waals surface area contributed by atoms with Crippen molar-refractivity contribution in [3.63, 3.8) is 0 Å². The summed E-state index contributed by atoms with van der Waals surface area (Å²) in [5.74, 6) is 0.884. The van der Waals surface area contributed by atoms with E-state index in [0.29, 0.717) is 19.2 Å². The van der Waals surface area contributed by atoms with Gasteiger partial charge in [-0.3, -0.25) is 0 Å². The van der Waals surface area contributed by atoms with E-state index in [1.54, 1.807) is 18.5 Å². The molecule has 0 spiro atoms. The largest absolute Gasteiger partial charge is 0.493 e. The van der Waals surface area contributed by atoms with Gasteiger partial charge in [0.25, 0.3) is 0 Å². The molecule has 4 heteroatoms. The molecule has 0 fully saturated rings. The van der Waals surface area contributed by atoms with Crippen molar-refractivity contribution in [3.8, 4) is 22.9 Å². The molecule has 0 saturated carbocycles. The van der Waals surface area contributed by atoms with Gasteiger partial charge in [-0.1, -0.05) is 48.5 Å². The highest BCUT2D eigenvalue weighted by atomic mass is 16.5. The van der Waals surface area contributed by atoms with Gasteiger partial charge in [-0.15, -0.1) is 0 Å². The molecule has 0 amide bonds. The van der Waals surface area contributed by atoms with Crippen LogP contribution in [-0.2, 0) is 0 Å². The molecule has 23 heavy (non-hydrogen) atoms. The first-order valence-electron chi connectivity index (χ1n) is 7.60. The zero-order chi connectivity index (χ0) is 15.7. The van der Waals surface area contributed by atoms with Gasteiger partial charge in [-0.2, -0.15) is 0 Å². The fraction of sp³-hybridized carbons (Fsp3) is 0.158. The number of hydrogen-bond donors (Lipinski definition) is 0. The monoisotopic (exact) mass is 306 g/mol. The van der Waals surface area contributed by atoms with Gasteiger partial charge in [0.05, 0.1) is 13.2 Å². The van der Waals surface area contributed by atoms with Gasteiger partial charge < -0.3 is 9.47 Å². The molecule has 3 rings (SSSR count). The Morgan fingerprint density at radius 1 is 0.696 bits per heavy atom. The number of rotatable bonds is 7. The minimum absolute atomic E-state index is 0.400. The minimum atomic E-state index is 0.400. The van der Waals surface area contributed by atoms with Crippen molar-refractivity contribution in [1.29, 1.82) is 0 Å². The topological polar surface area (TPSA) is 44.2 Å². The maximum atomic E-state index is 5.91. The average Bonchev–Trinajstić information content (AvgIpc) is 2.63. The van der Waals surface area contributed by atoms with E-state index < -0.39 is 0 Å². The van der Waals surface area contributed by atoms with Crippen LogP contribution in [0.25, 0.3) is 11.1 Å². The maximum absolute atomic E-state index is 5.91. The average molecular weight is 306 g/mol. The first-order chi connectivity index (χ1) is 11.4. The molecule has 0 aliphatic heterocycles. The van der Waals surface area contributed by atoms with Crippen molar-refractivity contribution in [3.05, 3.63) is 73.1 Å². The number of benzene rings is 2. The van der Waals surface area contributed by atoms with Crippen molar-refractivity contribution in [2.24, 2.45) is 0 Å². The molecule has 1 aromatic heterocycles. The fourth-order valence-corrected chi connectivity index (χ4v) is 2.21. The van der Waals surface area contributed by atoms with Crippen molar-refractivity contribution >= 4 is 0 Å². The molecule has 0 aliphatic rings. The van der Waals surface area contributed by atoms with Crippen molar-refractivity contribution in [2.45, 2.75) is 6.42 Å². The summed E-state index contributed by atoms with van der Waals surface area (Å²) in [5.41, 5.74) is 2.25. The molecule has 0 unspecified atom stereocenters. The molecular formula is C19H18N2O2. The predicted octanol–water partition coefficient (Wildman–Crippen LogP) is 3.99. The number of hydrogen-bond acceptors (Lipinski definition) is 4. The zero-order valence-corrected chi connectivity index (χ0v) is 12.8. The predicted molar refractivity (Wildman–Crippen MR) is 89.5 cm³/mol. The van der Waals surface area contributed by atoms with Crippen molar-refractivity contribution < 1.29 is 9.47 Å². The Hall–Kier alpha value is -2.88. The molecule has 116 valence electrons. The van der Waals surface area contributed by atoms with E-state index in [1.165, 1.54) is 0 Å². The van der Waals surface area contributed by atoms with E-state index in [9.17, 15) is 0 Å². The van der Waals surface area contributed by atoms with Crippen molar-refractivity contribution in [2.75, 3.05) is 13.2 Å². The van der Waals surface area contributed by atoms with Gasteiger partial charge >= 0.3 is 6.01 Å². The van der Waals surface area contributed by atoms with E-state index in [1.807, 2.05) is 36.4 Å². The third-order valence-electron chi connectivity index (χ3n) is 3.29. The van der Waals surface area contributed by atoms with Gasteiger partial charge in [0, 0.05) is 24.4 Å². The maximum Gasteiger partial charge on any atom is 0.316 e. The first kappa shape index (κ1) is 15.0. The Kier molecular flexibility index (Phi) is 5.19. The fourth-order valence-electron chi connectivity index (χ4n) is 2.21. The van der Waals surface area contributed by atoms with Crippen LogP contribution < -0.4 is 9.47 Å². The van der Waals surface area contributed by atoms with Crippen LogP contribution in [0.1, 0.15) is 6.42 Å². The Balaban J connectivity index is 1.53. The van der Waals surface area contributed by atoms with Crippen LogP contribution in [0.15, 0.2) is 73.1 Å². The molecular weight excluding hydrogens is 288 g/mol. The highest BCUT2D eigenvalue weighted by Gasteiger charge is 2.05. The van der Waals surface area contributed by atoms with E-state index in [2.05, 4.69) is 28.2 Å². The number of aromatic nitrogens is 2. The lowest BCUT2D eigenvalue weighted by Gasteiger charge is -2.11. The summed E-state index contributed by atoms with van der Waals surface area (Å²) in [6.45, 7) is 1.11. The lowest BCUT2D eigenvalue weighted by Crippen LogP contribution is -2.06. The highest BCUT2D eigenvalue weighted by molar-refractivity contribution is 5.70. The first-order valence-corrected chi connectivity index (χ1v) is 7.60. The quantitative estimate of drug-likeness (QED) is 0.619. The van der Waals surface area contributed by atoms with Gasteiger partial charge in [-0.25, -0.2) is 9.97 Å². The highest BCUT2D eigenvalue weighted by Crippen LogP contribution is 2.29. The Bertz CT molecular complexity index is 718. The second kappa shape index (κ2) is 7.94. The smallest absolute Gasteiger partial charge is 0.316 e.